The van der Waals surface area contributed by atoms with E-state index in [1.165, 1.54) is 24.3 Å². The molecule has 1 N–H and O–H groups in total. The van der Waals surface area contributed by atoms with Crippen molar-refractivity contribution < 1.29 is 27.7 Å². The Morgan fingerprint density at radius 2 is 1.46 bits per heavy atom. The first kappa shape index (κ1) is 25.1. The van der Waals surface area contributed by atoms with Crippen LogP contribution in [0, 0.1) is 11.6 Å². The number of hydrogen-bond donors (Lipinski definition) is 1. The molecular weight excluding hydrogens is 526 g/mol. The summed E-state index contributed by atoms with van der Waals surface area (Å²) < 4.78 is 50.0. The molecule has 2 fully saturated rings. The Labute approximate surface area is 208 Å². The molecule has 2 saturated heterocycles. The molecule has 11 heteroatoms. The van der Waals surface area contributed by atoms with E-state index < -0.39 is 12.6 Å². The van der Waals surface area contributed by atoms with Crippen molar-refractivity contribution in [1.82, 2.24) is 20.0 Å². The van der Waals surface area contributed by atoms with Gasteiger partial charge < -0.3 is 18.9 Å². The van der Waals surface area contributed by atoms with Crippen molar-refractivity contribution in [1.29, 1.82) is 0 Å². The standard InChI is InChI=1S/C12H11FN2O2.C9H8BrFO2.C3H4N2/c13-9-2-3-11(15-5-1-4-14-15)10(8-9)12-16-6-7-17-12;10-8-2-1-6(11)5-7(8)9-12-3-4-13-9;1-2-4-5-3-1/h1-5,8,12H,6-7H2;1-2,5,9H,3-4H2;1-3H,(H,4,5). The number of benzene rings is 2. The molecule has 6 rings (SSSR count). The highest BCUT2D eigenvalue weighted by Crippen LogP contribution is 2.30. The summed E-state index contributed by atoms with van der Waals surface area (Å²) in [5.74, 6) is -0.590. The van der Waals surface area contributed by atoms with Gasteiger partial charge in [0.05, 0.1) is 32.1 Å². The van der Waals surface area contributed by atoms with Crippen LogP contribution in [0.25, 0.3) is 5.69 Å². The number of aromatic nitrogens is 4. The van der Waals surface area contributed by atoms with Crippen molar-refractivity contribution in [2.24, 2.45) is 0 Å². The molecule has 8 nitrogen and oxygen atoms in total. The molecule has 4 heterocycles. The second-order valence-corrected chi connectivity index (χ2v) is 8.09. The summed E-state index contributed by atoms with van der Waals surface area (Å²) in [6.45, 7) is 2.18. The van der Waals surface area contributed by atoms with Gasteiger partial charge in [-0.1, -0.05) is 15.9 Å². The van der Waals surface area contributed by atoms with Crippen LogP contribution in [0.15, 0.2) is 77.8 Å². The minimum atomic E-state index is -0.509. The molecule has 2 aliphatic heterocycles. The normalized spacial score (nSPS) is 15.9. The maximum Gasteiger partial charge on any atom is 0.186 e. The van der Waals surface area contributed by atoms with Gasteiger partial charge in [-0.15, -0.1) is 0 Å². The molecular formula is C24H23BrF2N4O4. The topological polar surface area (TPSA) is 83.4 Å². The first-order valence-electron chi connectivity index (χ1n) is 10.8. The van der Waals surface area contributed by atoms with Gasteiger partial charge in [-0.05, 0) is 48.5 Å². The number of hydrogen-bond acceptors (Lipinski definition) is 6. The number of nitrogens with zero attached hydrogens (tertiary/aromatic N) is 3. The van der Waals surface area contributed by atoms with Crippen LogP contribution in [0.2, 0.25) is 0 Å². The van der Waals surface area contributed by atoms with Crippen LogP contribution in [-0.2, 0) is 18.9 Å². The zero-order valence-electron chi connectivity index (χ0n) is 18.5. The average Bonchev–Trinajstić information content (AvgIpc) is 3.68. The summed E-state index contributed by atoms with van der Waals surface area (Å²) in [5.41, 5.74) is 2.13. The molecule has 0 amide bonds. The predicted molar refractivity (Wildman–Crippen MR) is 125 cm³/mol. The lowest BCUT2D eigenvalue weighted by atomic mass is 10.1. The highest BCUT2D eigenvalue weighted by molar-refractivity contribution is 9.10. The minimum absolute atomic E-state index is 0.280. The van der Waals surface area contributed by atoms with E-state index in [1.807, 2.05) is 12.1 Å². The number of rotatable bonds is 3. The quantitative estimate of drug-likeness (QED) is 0.383. The van der Waals surface area contributed by atoms with Crippen LogP contribution in [0.1, 0.15) is 23.7 Å². The van der Waals surface area contributed by atoms with Gasteiger partial charge >= 0.3 is 0 Å². The molecule has 0 atom stereocenters. The molecule has 0 radical (unpaired) electrons. The Bertz CT molecular complexity index is 1150. The molecule has 4 aromatic rings. The fourth-order valence-electron chi connectivity index (χ4n) is 3.32. The Morgan fingerprint density at radius 3 is 2.00 bits per heavy atom. The van der Waals surface area contributed by atoms with Crippen molar-refractivity contribution >= 4 is 15.9 Å². The van der Waals surface area contributed by atoms with Crippen molar-refractivity contribution in [3.05, 3.63) is 101 Å². The van der Waals surface area contributed by atoms with Crippen LogP contribution in [0.3, 0.4) is 0 Å². The number of halogens is 3. The Kier molecular flexibility index (Phi) is 9.09. The fourth-order valence-corrected chi connectivity index (χ4v) is 3.75. The second kappa shape index (κ2) is 12.7. The number of nitrogens with one attached hydrogen (secondary N) is 1. The maximum atomic E-state index is 13.3. The van der Waals surface area contributed by atoms with Crippen molar-refractivity contribution in [2.45, 2.75) is 12.6 Å². The zero-order valence-corrected chi connectivity index (χ0v) is 20.1. The summed E-state index contributed by atoms with van der Waals surface area (Å²) in [6, 6.07) is 12.6. The average molecular weight is 549 g/mol. The zero-order chi connectivity index (χ0) is 24.5. The minimum Gasteiger partial charge on any atom is -0.346 e. The van der Waals surface area contributed by atoms with E-state index >= 15 is 0 Å². The summed E-state index contributed by atoms with van der Waals surface area (Å²) in [4.78, 5) is 0. The van der Waals surface area contributed by atoms with Gasteiger partial charge in [-0.2, -0.15) is 10.2 Å². The van der Waals surface area contributed by atoms with Crippen LogP contribution < -0.4 is 0 Å². The van der Waals surface area contributed by atoms with Crippen LogP contribution in [0.4, 0.5) is 8.78 Å². The van der Waals surface area contributed by atoms with Gasteiger partial charge in [0, 0.05) is 40.4 Å². The van der Waals surface area contributed by atoms with Crippen molar-refractivity contribution in [2.75, 3.05) is 26.4 Å². The fraction of sp³-hybridized carbons (Fsp3) is 0.250. The predicted octanol–water partition coefficient (Wildman–Crippen LogP) is 5.10. The van der Waals surface area contributed by atoms with Crippen LogP contribution in [0.5, 0.6) is 0 Å². The lowest BCUT2D eigenvalue weighted by molar-refractivity contribution is -0.0448. The highest BCUT2D eigenvalue weighted by Gasteiger charge is 2.23. The molecule has 2 aromatic heterocycles. The summed E-state index contributed by atoms with van der Waals surface area (Å²) in [5, 5.41) is 10.3. The molecule has 184 valence electrons. The Balaban J connectivity index is 0.000000141. The smallest absolute Gasteiger partial charge is 0.186 e. The van der Waals surface area contributed by atoms with E-state index in [0.29, 0.717) is 37.6 Å². The van der Waals surface area contributed by atoms with E-state index in [4.69, 9.17) is 18.9 Å². The molecule has 35 heavy (non-hydrogen) atoms. The molecule has 0 aliphatic carbocycles. The Morgan fingerprint density at radius 1 is 0.829 bits per heavy atom. The van der Waals surface area contributed by atoms with E-state index in [-0.39, 0.29) is 11.6 Å². The van der Waals surface area contributed by atoms with Gasteiger partial charge in [0.15, 0.2) is 12.6 Å². The molecule has 0 bridgehead atoms. The first-order chi connectivity index (χ1) is 17.1. The van der Waals surface area contributed by atoms with E-state index in [1.54, 1.807) is 41.6 Å². The Hall–Kier alpha value is -2.96. The lowest BCUT2D eigenvalue weighted by Crippen LogP contribution is -2.06. The van der Waals surface area contributed by atoms with E-state index in [9.17, 15) is 8.78 Å². The van der Waals surface area contributed by atoms with E-state index in [2.05, 4.69) is 31.2 Å². The highest BCUT2D eigenvalue weighted by atomic mass is 79.9. The molecule has 0 spiro atoms. The van der Waals surface area contributed by atoms with Gasteiger partial charge in [-0.25, -0.2) is 13.5 Å². The third-order valence-corrected chi connectivity index (χ3v) is 5.58. The number of ether oxygens (including phenoxy) is 4. The van der Waals surface area contributed by atoms with Crippen molar-refractivity contribution in [3.8, 4) is 5.69 Å². The first-order valence-corrected chi connectivity index (χ1v) is 11.6. The summed E-state index contributed by atoms with van der Waals surface area (Å²) >= 11 is 3.31. The SMILES string of the molecule is Fc1ccc(-n2cccn2)c(C2OCCO2)c1.Fc1ccc(Br)c(C2OCCO2)c1.c1cn[nH]c1. The summed E-state index contributed by atoms with van der Waals surface area (Å²) in [6.07, 6.45) is 5.99. The third-order valence-electron chi connectivity index (χ3n) is 4.86. The van der Waals surface area contributed by atoms with Gasteiger partial charge in [0.1, 0.15) is 11.6 Å². The number of H-pyrrole nitrogens is 1. The number of aromatic amines is 1. The second-order valence-electron chi connectivity index (χ2n) is 7.23. The maximum absolute atomic E-state index is 13.3. The monoisotopic (exact) mass is 548 g/mol. The molecule has 0 unspecified atom stereocenters. The summed E-state index contributed by atoms with van der Waals surface area (Å²) in [7, 11) is 0. The van der Waals surface area contributed by atoms with Crippen LogP contribution >= 0.6 is 15.9 Å². The lowest BCUT2D eigenvalue weighted by Gasteiger charge is -2.14. The third kappa shape index (κ3) is 7.03. The molecule has 2 aliphatic rings. The van der Waals surface area contributed by atoms with Gasteiger partial charge in [-0.3, -0.25) is 5.10 Å². The molecule has 2 aromatic carbocycles. The molecule has 0 saturated carbocycles. The van der Waals surface area contributed by atoms with Gasteiger partial charge in [0.2, 0.25) is 0 Å². The van der Waals surface area contributed by atoms with Crippen molar-refractivity contribution in [3.63, 3.8) is 0 Å². The van der Waals surface area contributed by atoms with Gasteiger partial charge in [0.25, 0.3) is 0 Å². The van der Waals surface area contributed by atoms with E-state index in [0.717, 1.165) is 10.2 Å². The van der Waals surface area contributed by atoms with Crippen LogP contribution in [-0.4, -0.2) is 46.4 Å². The largest absolute Gasteiger partial charge is 0.346 e.